The molecule has 2 N–H and O–H groups in total. The maximum Gasteiger partial charge on any atom is 0.321 e. The minimum atomic E-state index is -3.74. The SMILES string of the molecule is Cc1ccc(NC(=O)C2CC2)cc1NC(=O)N1CCN(S(=O)(=O)c2c(C)noc2C)CC1. The van der Waals surface area contributed by atoms with E-state index in [1.807, 2.05) is 19.1 Å². The summed E-state index contributed by atoms with van der Waals surface area (Å²) in [7, 11) is -3.74. The average molecular weight is 462 g/mol. The van der Waals surface area contributed by atoms with Crippen LogP contribution in [0.15, 0.2) is 27.6 Å². The fourth-order valence-corrected chi connectivity index (χ4v) is 5.44. The van der Waals surface area contributed by atoms with Crippen LogP contribution in [0.5, 0.6) is 0 Å². The summed E-state index contributed by atoms with van der Waals surface area (Å²) < 4.78 is 32.3. The van der Waals surface area contributed by atoms with E-state index in [9.17, 15) is 18.0 Å². The molecule has 1 aliphatic heterocycles. The molecule has 4 rings (SSSR count). The van der Waals surface area contributed by atoms with Crippen molar-refractivity contribution in [2.24, 2.45) is 5.92 Å². The summed E-state index contributed by atoms with van der Waals surface area (Å²) in [5.41, 5.74) is 2.43. The van der Waals surface area contributed by atoms with Crippen LogP contribution in [0.2, 0.25) is 0 Å². The predicted molar refractivity (Wildman–Crippen MR) is 118 cm³/mol. The Labute approximate surface area is 187 Å². The van der Waals surface area contributed by atoms with Crippen LogP contribution >= 0.6 is 0 Å². The molecule has 1 saturated heterocycles. The number of anilines is 2. The van der Waals surface area contributed by atoms with Gasteiger partial charge in [-0.2, -0.15) is 4.31 Å². The van der Waals surface area contributed by atoms with Gasteiger partial charge in [-0.25, -0.2) is 13.2 Å². The van der Waals surface area contributed by atoms with Gasteiger partial charge in [0.25, 0.3) is 0 Å². The number of hydrogen-bond acceptors (Lipinski definition) is 6. The lowest BCUT2D eigenvalue weighted by atomic mass is 10.1. The number of rotatable bonds is 5. The van der Waals surface area contributed by atoms with E-state index in [2.05, 4.69) is 15.8 Å². The number of hydrogen-bond donors (Lipinski definition) is 2. The highest BCUT2D eigenvalue weighted by molar-refractivity contribution is 7.89. The first-order valence-electron chi connectivity index (χ1n) is 10.6. The van der Waals surface area contributed by atoms with E-state index in [0.29, 0.717) is 17.1 Å². The van der Waals surface area contributed by atoms with Crippen molar-refractivity contribution in [1.29, 1.82) is 0 Å². The van der Waals surface area contributed by atoms with Gasteiger partial charge >= 0.3 is 6.03 Å². The van der Waals surface area contributed by atoms with Gasteiger partial charge in [-0.3, -0.25) is 4.79 Å². The van der Waals surface area contributed by atoms with E-state index in [4.69, 9.17) is 4.52 Å². The first-order valence-corrected chi connectivity index (χ1v) is 12.0. The molecule has 172 valence electrons. The lowest BCUT2D eigenvalue weighted by molar-refractivity contribution is -0.117. The minimum absolute atomic E-state index is 0.00163. The third-order valence-corrected chi connectivity index (χ3v) is 7.93. The highest BCUT2D eigenvalue weighted by atomic mass is 32.2. The molecule has 0 bridgehead atoms. The zero-order valence-electron chi connectivity index (χ0n) is 18.3. The molecule has 2 fully saturated rings. The number of benzene rings is 1. The number of carbonyl (C=O) groups excluding carboxylic acids is 2. The van der Waals surface area contributed by atoms with Gasteiger partial charge in [-0.15, -0.1) is 0 Å². The molecular weight excluding hydrogens is 434 g/mol. The summed E-state index contributed by atoms with van der Waals surface area (Å²) in [6.45, 7) is 5.90. The first-order chi connectivity index (χ1) is 15.2. The number of urea groups is 1. The van der Waals surface area contributed by atoms with E-state index in [1.165, 1.54) is 4.31 Å². The topological polar surface area (TPSA) is 125 Å². The van der Waals surface area contributed by atoms with Crippen LogP contribution in [0.1, 0.15) is 29.9 Å². The lowest BCUT2D eigenvalue weighted by Gasteiger charge is -2.34. The number of aryl methyl sites for hydroxylation is 3. The molecule has 1 aromatic heterocycles. The minimum Gasteiger partial charge on any atom is -0.360 e. The molecule has 1 saturated carbocycles. The van der Waals surface area contributed by atoms with Crippen LogP contribution in [0, 0.1) is 26.7 Å². The number of nitrogens with one attached hydrogen (secondary N) is 2. The molecule has 32 heavy (non-hydrogen) atoms. The molecule has 0 unspecified atom stereocenters. The standard InChI is InChI=1S/C21H27N5O5S/c1-13-4-7-17(22-20(27)16-5-6-16)12-18(13)23-21(28)25-8-10-26(11-9-25)32(29,30)19-14(2)24-31-15(19)3/h4,7,12,16H,5-6,8-11H2,1-3H3,(H,22,27)(H,23,28). The van der Waals surface area contributed by atoms with Gasteiger partial charge in [0.05, 0.1) is 0 Å². The Morgan fingerprint density at radius 3 is 2.34 bits per heavy atom. The Kier molecular flexibility index (Phi) is 5.95. The summed E-state index contributed by atoms with van der Waals surface area (Å²) in [6, 6.07) is 5.08. The Morgan fingerprint density at radius 2 is 1.75 bits per heavy atom. The quantitative estimate of drug-likeness (QED) is 0.705. The molecule has 10 nitrogen and oxygen atoms in total. The molecule has 2 heterocycles. The van der Waals surface area contributed by atoms with E-state index < -0.39 is 10.0 Å². The highest BCUT2D eigenvalue weighted by Crippen LogP contribution is 2.31. The van der Waals surface area contributed by atoms with Crippen molar-refractivity contribution in [2.45, 2.75) is 38.5 Å². The van der Waals surface area contributed by atoms with Crippen LogP contribution in [0.25, 0.3) is 0 Å². The van der Waals surface area contributed by atoms with Crippen molar-refractivity contribution in [3.8, 4) is 0 Å². The van der Waals surface area contributed by atoms with E-state index in [0.717, 1.165) is 18.4 Å². The number of amides is 3. The Balaban J connectivity index is 1.38. The smallest absolute Gasteiger partial charge is 0.321 e. The van der Waals surface area contributed by atoms with Crippen LogP contribution in [-0.2, 0) is 14.8 Å². The molecule has 1 aromatic carbocycles. The second-order valence-corrected chi connectivity index (χ2v) is 10.1. The average Bonchev–Trinajstić information content (AvgIpc) is 3.55. The number of aromatic nitrogens is 1. The molecule has 0 radical (unpaired) electrons. The first kappa shape index (κ1) is 22.3. The van der Waals surface area contributed by atoms with Crippen molar-refractivity contribution in [3.63, 3.8) is 0 Å². The molecule has 3 amide bonds. The Morgan fingerprint density at radius 1 is 1.06 bits per heavy atom. The van der Waals surface area contributed by atoms with E-state index in [-0.39, 0.29) is 54.7 Å². The van der Waals surface area contributed by atoms with E-state index in [1.54, 1.807) is 24.8 Å². The van der Waals surface area contributed by atoms with Crippen LogP contribution < -0.4 is 10.6 Å². The summed E-state index contributed by atoms with van der Waals surface area (Å²) in [6.07, 6.45) is 1.83. The van der Waals surface area contributed by atoms with Gasteiger partial charge in [0.15, 0.2) is 5.76 Å². The number of sulfonamides is 1. The van der Waals surface area contributed by atoms with Gasteiger partial charge in [-0.05, 0) is 51.3 Å². The third kappa shape index (κ3) is 4.49. The van der Waals surface area contributed by atoms with E-state index >= 15 is 0 Å². The summed E-state index contributed by atoms with van der Waals surface area (Å²) >= 11 is 0. The van der Waals surface area contributed by atoms with Crippen molar-refractivity contribution in [2.75, 3.05) is 36.8 Å². The maximum atomic E-state index is 13.0. The third-order valence-electron chi connectivity index (χ3n) is 5.79. The lowest BCUT2D eigenvalue weighted by Crippen LogP contribution is -2.51. The monoisotopic (exact) mass is 461 g/mol. The van der Waals surface area contributed by atoms with Crippen LogP contribution in [0.4, 0.5) is 16.2 Å². The van der Waals surface area contributed by atoms with Gasteiger partial charge in [0.2, 0.25) is 15.9 Å². The van der Waals surface area contributed by atoms with Gasteiger partial charge in [-0.1, -0.05) is 11.2 Å². The second kappa shape index (κ2) is 8.55. The second-order valence-electron chi connectivity index (χ2n) is 8.27. The predicted octanol–water partition coefficient (Wildman–Crippen LogP) is 2.49. The van der Waals surface area contributed by atoms with Gasteiger partial charge in [0.1, 0.15) is 10.6 Å². The van der Waals surface area contributed by atoms with Crippen molar-refractivity contribution in [1.82, 2.24) is 14.4 Å². The normalized spacial score (nSPS) is 17.3. The Hall–Kier alpha value is -2.92. The summed E-state index contributed by atoms with van der Waals surface area (Å²) in [5.74, 6) is 0.348. The summed E-state index contributed by atoms with van der Waals surface area (Å²) in [4.78, 5) is 26.5. The van der Waals surface area contributed by atoms with Gasteiger partial charge < -0.3 is 20.1 Å². The van der Waals surface area contributed by atoms with Crippen LogP contribution in [-0.4, -0.2) is 60.9 Å². The molecule has 0 spiro atoms. The van der Waals surface area contributed by atoms with Crippen molar-refractivity contribution < 1.29 is 22.5 Å². The highest BCUT2D eigenvalue weighted by Gasteiger charge is 2.34. The molecule has 0 atom stereocenters. The van der Waals surface area contributed by atoms with Crippen molar-refractivity contribution >= 4 is 33.3 Å². The zero-order chi connectivity index (χ0) is 23.0. The fraction of sp³-hybridized carbons (Fsp3) is 0.476. The molecule has 1 aliphatic carbocycles. The van der Waals surface area contributed by atoms with Gasteiger partial charge in [0, 0.05) is 43.5 Å². The van der Waals surface area contributed by atoms with Crippen LogP contribution in [0.3, 0.4) is 0 Å². The summed E-state index contributed by atoms with van der Waals surface area (Å²) in [5, 5.41) is 9.49. The molecule has 11 heteroatoms. The fourth-order valence-electron chi connectivity index (χ4n) is 3.72. The molecule has 2 aromatic rings. The number of carbonyl (C=O) groups is 2. The largest absolute Gasteiger partial charge is 0.360 e. The zero-order valence-corrected chi connectivity index (χ0v) is 19.2. The Bertz CT molecular complexity index is 1130. The number of nitrogens with zero attached hydrogens (tertiary/aromatic N) is 3. The maximum absolute atomic E-state index is 13.0. The molecular formula is C21H27N5O5S. The van der Waals surface area contributed by atoms with Crippen molar-refractivity contribution in [3.05, 3.63) is 35.2 Å². The number of piperazine rings is 1. The molecule has 2 aliphatic rings.